The Morgan fingerprint density at radius 3 is 3.06 bits per heavy atom. The summed E-state index contributed by atoms with van der Waals surface area (Å²) in [6.07, 6.45) is 6.30. The number of nitrogens with one attached hydrogen (secondary N) is 1. The average molecular weight is 288 g/mol. The van der Waals surface area contributed by atoms with Crippen molar-refractivity contribution < 1.29 is 4.74 Å². The van der Waals surface area contributed by atoms with Crippen molar-refractivity contribution in [1.29, 1.82) is 0 Å². The number of rotatable bonds is 0. The van der Waals surface area contributed by atoms with Crippen LogP contribution in [0.2, 0.25) is 0 Å². The maximum Gasteiger partial charge on any atom is 0.129 e. The summed E-state index contributed by atoms with van der Waals surface area (Å²) < 4.78 is 6.76. The number of aromatic amines is 1. The number of hydrogen-bond donors (Lipinski definition) is 1. The van der Waals surface area contributed by atoms with Gasteiger partial charge in [-0.25, -0.2) is 0 Å². The van der Waals surface area contributed by atoms with Crippen LogP contribution in [0, 0.1) is 12.3 Å². The molecular formula is C14H10BrNO. The first-order valence-corrected chi connectivity index (χ1v) is 6.18. The number of halogens is 1. The fraction of sp³-hybridized carbons (Fsp3) is 0.143. The van der Waals surface area contributed by atoms with Gasteiger partial charge in [0.2, 0.25) is 0 Å². The zero-order chi connectivity index (χ0) is 11.8. The summed E-state index contributed by atoms with van der Waals surface area (Å²) in [6.45, 7) is 0.679. The molecule has 0 atom stereocenters. The van der Waals surface area contributed by atoms with Crippen molar-refractivity contribution in [3.63, 3.8) is 0 Å². The molecule has 3 heteroatoms. The molecule has 0 fully saturated rings. The van der Waals surface area contributed by atoms with E-state index in [0.717, 1.165) is 33.6 Å². The molecule has 0 bridgehead atoms. The van der Waals surface area contributed by atoms with Gasteiger partial charge in [-0.05, 0) is 29.8 Å². The highest BCUT2D eigenvalue weighted by Gasteiger charge is 2.17. The summed E-state index contributed by atoms with van der Waals surface area (Å²) in [7, 11) is 0. The molecule has 1 aromatic carbocycles. The van der Waals surface area contributed by atoms with Crippen LogP contribution in [0.3, 0.4) is 0 Å². The van der Waals surface area contributed by atoms with Gasteiger partial charge in [0.25, 0.3) is 0 Å². The first-order valence-electron chi connectivity index (χ1n) is 5.39. The molecular weight excluding hydrogens is 278 g/mol. The number of terminal acetylenes is 1. The summed E-state index contributed by atoms with van der Waals surface area (Å²) in [5, 5.41) is 0. The van der Waals surface area contributed by atoms with E-state index in [9.17, 15) is 0 Å². The molecule has 0 saturated carbocycles. The molecule has 1 aliphatic rings. The largest absolute Gasteiger partial charge is 0.492 e. The molecule has 2 nitrogen and oxygen atoms in total. The molecule has 0 saturated heterocycles. The van der Waals surface area contributed by atoms with Crippen LogP contribution in [0.4, 0.5) is 0 Å². The number of H-pyrrole nitrogens is 1. The van der Waals surface area contributed by atoms with Crippen LogP contribution in [0.5, 0.6) is 5.75 Å². The SMILES string of the molecule is C#Cc1cc2c([nH]1)-c1ccc(Br)cc1OCC2. The minimum atomic E-state index is 0.679. The second kappa shape index (κ2) is 3.97. The zero-order valence-electron chi connectivity index (χ0n) is 9.09. The molecule has 0 unspecified atom stereocenters. The quantitative estimate of drug-likeness (QED) is 0.739. The normalized spacial score (nSPS) is 12.9. The van der Waals surface area contributed by atoms with Crippen molar-refractivity contribution in [2.75, 3.05) is 6.61 Å². The van der Waals surface area contributed by atoms with E-state index in [1.54, 1.807) is 0 Å². The molecule has 0 aliphatic carbocycles. The van der Waals surface area contributed by atoms with E-state index in [4.69, 9.17) is 11.2 Å². The molecule has 17 heavy (non-hydrogen) atoms. The highest BCUT2D eigenvalue weighted by Crippen LogP contribution is 2.36. The predicted octanol–water partition coefficient (Wildman–Crippen LogP) is 3.36. The molecule has 1 aliphatic heterocycles. The molecule has 0 spiro atoms. The van der Waals surface area contributed by atoms with Gasteiger partial charge in [0.15, 0.2) is 0 Å². The smallest absolute Gasteiger partial charge is 0.129 e. The van der Waals surface area contributed by atoms with Gasteiger partial charge in [-0.2, -0.15) is 0 Å². The van der Waals surface area contributed by atoms with Gasteiger partial charge >= 0.3 is 0 Å². The van der Waals surface area contributed by atoms with Crippen LogP contribution < -0.4 is 4.74 Å². The Morgan fingerprint density at radius 1 is 1.35 bits per heavy atom. The molecule has 0 radical (unpaired) electrons. The lowest BCUT2D eigenvalue weighted by Crippen LogP contribution is -1.98. The van der Waals surface area contributed by atoms with Gasteiger partial charge in [0, 0.05) is 16.5 Å². The number of ether oxygens (including phenoxy) is 1. The summed E-state index contributed by atoms with van der Waals surface area (Å²) in [4.78, 5) is 3.27. The van der Waals surface area contributed by atoms with Crippen LogP contribution >= 0.6 is 15.9 Å². The van der Waals surface area contributed by atoms with Crippen LogP contribution in [0.15, 0.2) is 28.7 Å². The Labute approximate surface area is 108 Å². The highest BCUT2D eigenvalue weighted by atomic mass is 79.9. The number of fused-ring (bicyclic) bond motifs is 3. The Balaban J connectivity index is 2.23. The van der Waals surface area contributed by atoms with E-state index in [0.29, 0.717) is 6.61 Å². The Morgan fingerprint density at radius 2 is 2.24 bits per heavy atom. The standard InChI is InChI=1S/C14H10BrNO/c1-2-11-7-9-5-6-17-13-8-10(15)3-4-12(13)14(9)16-11/h1,3-4,7-8,16H,5-6H2. The van der Waals surface area contributed by atoms with Gasteiger partial charge in [0.05, 0.1) is 18.0 Å². The zero-order valence-corrected chi connectivity index (χ0v) is 10.7. The predicted molar refractivity (Wildman–Crippen MR) is 71.1 cm³/mol. The van der Waals surface area contributed by atoms with Gasteiger partial charge in [-0.3, -0.25) is 0 Å². The fourth-order valence-corrected chi connectivity index (χ4v) is 2.45. The third-order valence-electron chi connectivity index (χ3n) is 2.90. The first-order chi connectivity index (χ1) is 8.28. The molecule has 0 amide bonds. The molecule has 84 valence electrons. The second-order valence-corrected chi connectivity index (χ2v) is 4.88. The monoisotopic (exact) mass is 287 g/mol. The van der Waals surface area contributed by atoms with Crippen LogP contribution in [-0.2, 0) is 6.42 Å². The average Bonchev–Trinajstić information content (AvgIpc) is 2.66. The lowest BCUT2D eigenvalue weighted by atomic mass is 10.1. The van der Waals surface area contributed by atoms with Gasteiger partial charge < -0.3 is 9.72 Å². The first kappa shape index (κ1) is 10.5. The number of aromatic nitrogens is 1. The lowest BCUT2D eigenvalue weighted by Gasteiger charge is -2.07. The van der Waals surface area contributed by atoms with Gasteiger partial charge in [0.1, 0.15) is 5.75 Å². The van der Waals surface area contributed by atoms with E-state index < -0.39 is 0 Å². The van der Waals surface area contributed by atoms with E-state index in [1.165, 1.54) is 5.56 Å². The van der Waals surface area contributed by atoms with Crippen LogP contribution in [0.1, 0.15) is 11.3 Å². The molecule has 1 N–H and O–H groups in total. The number of benzene rings is 1. The molecule has 2 aromatic rings. The van der Waals surface area contributed by atoms with Crippen molar-refractivity contribution in [3.8, 4) is 29.4 Å². The lowest BCUT2D eigenvalue weighted by molar-refractivity contribution is 0.326. The minimum Gasteiger partial charge on any atom is -0.492 e. The third kappa shape index (κ3) is 1.75. The van der Waals surface area contributed by atoms with Crippen molar-refractivity contribution in [3.05, 3.63) is 40.0 Å². The van der Waals surface area contributed by atoms with Gasteiger partial charge in [-0.15, -0.1) is 6.42 Å². The number of hydrogen-bond acceptors (Lipinski definition) is 1. The van der Waals surface area contributed by atoms with Crippen molar-refractivity contribution >= 4 is 15.9 Å². The topological polar surface area (TPSA) is 25.0 Å². The Bertz CT molecular complexity index is 622. The maximum atomic E-state index is 5.74. The minimum absolute atomic E-state index is 0.679. The third-order valence-corrected chi connectivity index (χ3v) is 3.39. The second-order valence-electron chi connectivity index (χ2n) is 3.97. The van der Waals surface area contributed by atoms with Crippen molar-refractivity contribution in [2.24, 2.45) is 0 Å². The fourth-order valence-electron chi connectivity index (χ4n) is 2.11. The Hall–Kier alpha value is -1.66. The molecule has 1 aromatic heterocycles. The molecule has 2 heterocycles. The summed E-state index contributed by atoms with van der Waals surface area (Å²) >= 11 is 3.45. The van der Waals surface area contributed by atoms with Crippen LogP contribution in [0.25, 0.3) is 11.3 Å². The summed E-state index contributed by atoms with van der Waals surface area (Å²) in [6, 6.07) is 8.06. The maximum absolute atomic E-state index is 5.74. The van der Waals surface area contributed by atoms with Crippen molar-refractivity contribution in [2.45, 2.75) is 6.42 Å². The van der Waals surface area contributed by atoms with Gasteiger partial charge in [-0.1, -0.05) is 21.9 Å². The van der Waals surface area contributed by atoms with Crippen molar-refractivity contribution in [1.82, 2.24) is 4.98 Å². The highest BCUT2D eigenvalue weighted by molar-refractivity contribution is 9.10. The summed E-state index contributed by atoms with van der Waals surface area (Å²) in [5.41, 5.74) is 4.20. The van der Waals surface area contributed by atoms with E-state index in [-0.39, 0.29) is 0 Å². The molecule has 3 rings (SSSR count). The van der Waals surface area contributed by atoms with E-state index >= 15 is 0 Å². The van der Waals surface area contributed by atoms with E-state index in [1.807, 2.05) is 24.3 Å². The van der Waals surface area contributed by atoms with E-state index in [2.05, 4.69) is 26.8 Å². The summed E-state index contributed by atoms with van der Waals surface area (Å²) in [5.74, 6) is 3.53. The van der Waals surface area contributed by atoms with Crippen LogP contribution in [-0.4, -0.2) is 11.6 Å². The Kier molecular flexibility index (Phi) is 2.45.